The van der Waals surface area contributed by atoms with E-state index in [-0.39, 0.29) is 25.0 Å². The molecule has 0 aromatic rings. The molecule has 0 aromatic heterocycles. The molecule has 0 aliphatic carbocycles. The number of hydrogen-bond acceptors (Lipinski definition) is 4. The van der Waals surface area contributed by atoms with Crippen molar-refractivity contribution in [2.75, 3.05) is 13.2 Å². The van der Waals surface area contributed by atoms with E-state index in [2.05, 4.69) is 22.9 Å². The van der Waals surface area contributed by atoms with Crippen LogP contribution in [0.25, 0.3) is 0 Å². The van der Waals surface area contributed by atoms with Gasteiger partial charge in [0.05, 0.1) is 6.61 Å². The molecule has 0 aliphatic rings. The molecule has 6 heteroatoms. The predicted molar refractivity (Wildman–Crippen MR) is 55.7 cm³/mol. The van der Waals surface area contributed by atoms with E-state index in [1.54, 1.807) is 0 Å². The summed E-state index contributed by atoms with van der Waals surface area (Å²) in [6, 6.07) is 0. The second kappa shape index (κ2) is 8.83. The highest BCUT2D eigenvalue weighted by Gasteiger charge is 2.01. The normalized spacial score (nSPS) is 9.57. The zero-order chi connectivity index (χ0) is 10.8. The van der Waals surface area contributed by atoms with Crippen molar-refractivity contribution in [2.24, 2.45) is 0 Å². The highest BCUT2D eigenvalue weighted by molar-refractivity contribution is 7.78. The van der Waals surface area contributed by atoms with Crippen molar-refractivity contribution in [3.8, 4) is 0 Å². The molecule has 0 atom stereocenters. The minimum Gasteiger partial charge on any atom is -0.395 e. The average molecular weight is 220 g/mol. The summed E-state index contributed by atoms with van der Waals surface area (Å²) < 4.78 is 2.21. The van der Waals surface area contributed by atoms with Crippen molar-refractivity contribution >= 4 is 24.6 Å². The van der Waals surface area contributed by atoms with Gasteiger partial charge in [-0.1, -0.05) is 12.8 Å². The van der Waals surface area contributed by atoms with E-state index < -0.39 is 0 Å². The van der Waals surface area contributed by atoms with Crippen LogP contribution in [0, 0.1) is 0 Å². The highest BCUT2D eigenvalue weighted by Crippen LogP contribution is 1.99. The van der Waals surface area contributed by atoms with E-state index in [0.717, 1.165) is 0 Å². The maximum Gasteiger partial charge on any atom is 0.229 e. The van der Waals surface area contributed by atoms with Gasteiger partial charge < -0.3 is 15.1 Å². The number of thiol groups is 1. The maximum atomic E-state index is 11.0. The molecule has 0 radical (unpaired) electrons. The van der Waals surface area contributed by atoms with E-state index >= 15 is 0 Å². The molecule has 82 valence electrons. The number of unbranched alkanes of at least 4 members (excludes halogenated alkanes) is 1. The number of carbonyl (C=O) groups is 2. The Morgan fingerprint density at radius 1 is 1.14 bits per heavy atom. The molecule has 3 N–H and O–H groups in total. The van der Waals surface area contributed by atoms with Crippen molar-refractivity contribution in [1.29, 1.82) is 0 Å². The molecule has 14 heavy (non-hydrogen) atoms. The molecule has 0 heterocycles. The average Bonchev–Trinajstić information content (AvgIpc) is 2.21. The number of nitrogens with one attached hydrogen (secondary N) is 2. The van der Waals surface area contributed by atoms with Crippen molar-refractivity contribution in [3.63, 3.8) is 0 Å². The van der Waals surface area contributed by atoms with Gasteiger partial charge in [0.15, 0.2) is 0 Å². The van der Waals surface area contributed by atoms with Gasteiger partial charge in [0, 0.05) is 19.4 Å². The van der Waals surface area contributed by atoms with Crippen molar-refractivity contribution in [3.05, 3.63) is 0 Å². The highest BCUT2D eigenvalue weighted by atomic mass is 32.1. The smallest absolute Gasteiger partial charge is 0.229 e. The number of aliphatic hydroxyl groups is 1. The lowest BCUT2D eigenvalue weighted by Crippen LogP contribution is -2.26. The van der Waals surface area contributed by atoms with Gasteiger partial charge in [-0.15, -0.1) is 0 Å². The standard InChI is InChI=1S/C8H16N2O3S/c11-6-5-9-7(12)3-1-2-4-8(13)10-14/h11,14H,1-6H2,(H,9,12)(H,10,13). The third-order valence-corrected chi connectivity index (χ3v) is 1.87. The molecule has 2 amide bonds. The van der Waals surface area contributed by atoms with E-state index in [4.69, 9.17) is 5.11 Å². The van der Waals surface area contributed by atoms with E-state index in [1.807, 2.05) is 0 Å². The fraction of sp³-hybridized carbons (Fsp3) is 0.750. The Kier molecular flexibility index (Phi) is 8.36. The van der Waals surface area contributed by atoms with Crippen LogP contribution in [0.3, 0.4) is 0 Å². The van der Waals surface area contributed by atoms with Gasteiger partial charge in [-0.3, -0.25) is 9.59 Å². The second-order valence-corrected chi connectivity index (χ2v) is 3.04. The van der Waals surface area contributed by atoms with Gasteiger partial charge in [0.25, 0.3) is 0 Å². The largest absolute Gasteiger partial charge is 0.395 e. The third kappa shape index (κ3) is 7.88. The summed E-state index contributed by atoms with van der Waals surface area (Å²) in [5.74, 6) is -0.227. The zero-order valence-electron chi connectivity index (χ0n) is 7.95. The Labute approximate surface area is 88.8 Å². The van der Waals surface area contributed by atoms with Crippen LogP contribution in [0.1, 0.15) is 25.7 Å². The van der Waals surface area contributed by atoms with Gasteiger partial charge in [-0.25, -0.2) is 0 Å². The summed E-state index contributed by atoms with van der Waals surface area (Å²) in [7, 11) is 0. The topological polar surface area (TPSA) is 78.4 Å². The van der Waals surface area contributed by atoms with Gasteiger partial charge in [0.2, 0.25) is 11.8 Å². The van der Waals surface area contributed by atoms with Crippen molar-refractivity contribution in [2.45, 2.75) is 25.7 Å². The third-order valence-electron chi connectivity index (χ3n) is 1.62. The first kappa shape index (κ1) is 13.2. The molecule has 0 unspecified atom stereocenters. The summed E-state index contributed by atoms with van der Waals surface area (Å²) in [5.41, 5.74) is 0. The molecule has 0 spiro atoms. The second-order valence-electron chi connectivity index (χ2n) is 2.82. The quantitative estimate of drug-likeness (QED) is 0.349. The number of carbonyl (C=O) groups excluding carboxylic acids is 2. The summed E-state index contributed by atoms with van der Waals surface area (Å²) in [6.45, 7) is 0.240. The van der Waals surface area contributed by atoms with E-state index in [0.29, 0.717) is 25.7 Å². The Morgan fingerprint density at radius 2 is 1.71 bits per heavy atom. The van der Waals surface area contributed by atoms with Crippen molar-refractivity contribution < 1.29 is 14.7 Å². The molecule has 0 aromatic carbocycles. The van der Waals surface area contributed by atoms with Gasteiger partial charge in [-0.05, 0) is 12.8 Å². The van der Waals surface area contributed by atoms with Crippen LogP contribution in [0.4, 0.5) is 0 Å². The molecule has 0 saturated heterocycles. The van der Waals surface area contributed by atoms with Crippen LogP contribution in [-0.4, -0.2) is 30.1 Å². The number of aliphatic hydroxyl groups excluding tert-OH is 1. The van der Waals surface area contributed by atoms with Crippen LogP contribution in [0.15, 0.2) is 0 Å². The predicted octanol–water partition coefficient (Wildman–Crippen LogP) is -0.384. The molecule has 0 rings (SSSR count). The van der Waals surface area contributed by atoms with Gasteiger partial charge in [-0.2, -0.15) is 0 Å². The number of hydrogen-bond donors (Lipinski definition) is 4. The molecule has 0 bridgehead atoms. The molecule has 0 aliphatic heterocycles. The molecule has 5 nitrogen and oxygen atoms in total. The Bertz CT molecular complexity index is 187. The first-order valence-electron chi connectivity index (χ1n) is 4.51. The van der Waals surface area contributed by atoms with E-state index in [1.165, 1.54) is 0 Å². The summed E-state index contributed by atoms with van der Waals surface area (Å²) >= 11 is 3.60. The first-order chi connectivity index (χ1) is 6.70. The van der Waals surface area contributed by atoms with Crippen LogP contribution >= 0.6 is 12.8 Å². The molecule has 0 fully saturated rings. The number of amides is 2. The van der Waals surface area contributed by atoms with E-state index in [9.17, 15) is 9.59 Å². The van der Waals surface area contributed by atoms with Crippen LogP contribution in [0.2, 0.25) is 0 Å². The maximum absolute atomic E-state index is 11.0. The zero-order valence-corrected chi connectivity index (χ0v) is 8.85. The molecule has 0 saturated carbocycles. The minimum atomic E-state index is -0.135. The SMILES string of the molecule is O=C(CCCCC(=O)NCCO)NS. The Balaban J connectivity index is 3.27. The summed E-state index contributed by atoms with van der Waals surface area (Å²) in [5, 5.41) is 10.9. The summed E-state index contributed by atoms with van der Waals surface area (Å²) in [4.78, 5) is 21.7. The monoisotopic (exact) mass is 220 g/mol. The Hall–Kier alpha value is -0.750. The summed E-state index contributed by atoms with van der Waals surface area (Å²) in [6.07, 6.45) is 2.11. The lowest BCUT2D eigenvalue weighted by atomic mass is 10.2. The van der Waals surface area contributed by atoms with Crippen molar-refractivity contribution in [1.82, 2.24) is 10.0 Å². The van der Waals surface area contributed by atoms with Gasteiger partial charge >= 0.3 is 0 Å². The fourth-order valence-electron chi connectivity index (χ4n) is 0.911. The fourth-order valence-corrected chi connectivity index (χ4v) is 1.02. The molecular formula is C8H16N2O3S. The van der Waals surface area contributed by atoms with Crippen LogP contribution < -0.4 is 10.0 Å². The minimum absolute atomic E-state index is 0.0478. The Morgan fingerprint density at radius 3 is 2.21 bits per heavy atom. The lowest BCUT2D eigenvalue weighted by Gasteiger charge is -2.02. The lowest BCUT2D eigenvalue weighted by molar-refractivity contribution is -0.122. The molecular weight excluding hydrogens is 204 g/mol. The van der Waals surface area contributed by atoms with Gasteiger partial charge in [0.1, 0.15) is 0 Å². The van der Waals surface area contributed by atoms with Crippen LogP contribution in [0.5, 0.6) is 0 Å². The van der Waals surface area contributed by atoms with Crippen LogP contribution in [-0.2, 0) is 9.59 Å². The first-order valence-corrected chi connectivity index (χ1v) is 4.96. The number of rotatable bonds is 7.